The van der Waals surface area contributed by atoms with Gasteiger partial charge in [-0.15, -0.1) is 0 Å². The maximum Gasteiger partial charge on any atom is 0.146 e. The summed E-state index contributed by atoms with van der Waals surface area (Å²) < 4.78 is 13.3. The standard InChI is InChI=1S/C9H11ClFN3.C2H6/c1-6-8(14(13)5-4-12)3-2-7(10)9(6)11;1-2/h2-5H,12-13H2,1H3;1-2H3/b5-4-;. The third-order valence-corrected chi connectivity index (χ3v) is 2.13. The Kier molecular flexibility index (Phi) is 6.53. The molecule has 0 aliphatic rings. The normalized spacial score (nSPS) is 9.88. The fourth-order valence-corrected chi connectivity index (χ4v) is 1.30. The molecule has 1 aromatic carbocycles. The summed E-state index contributed by atoms with van der Waals surface area (Å²) in [6, 6.07) is 3.07. The molecule has 3 nitrogen and oxygen atoms in total. The van der Waals surface area contributed by atoms with Gasteiger partial charge < -0.3 is 5.73 Å². The Morgan fingerprint density at radius 3 is 2.44 bits per heavy atom. The number of halogens is 2. The predicted octanol–water partition coefficient (Wildman–Crippen LogP) is 2.92. The first kappa shape index (κ1) is 14.7. The van der Waals surface area contributed by atoms with Crippen molar-refractivity contribution in [2.75, 3.05) is 5.01 Å². The van der Waals surface area contributed by atoms with Crippen LogP contribution in [0.5, 0.6) is 0 Å². The SMILES string of the molecule is CC.Cc1c(N(N)/C=C\N)ccc(Cl)c1F. The molecule has 90 valence electrons. The van der Waals surface area contributed by atoms with Crippen molar-refractivity contribution in [1.82, 2.24) is 0 Å². The third kappa shape index (κ3) is 3.40. The molecule has 4 N–H and O–H groups in total. The fourth-order valence-electron chi connectivity index (χ4n) is 1.09. The van der Waals surface area contributed by atoms with E-state index in [0.717, 1.165) is 0 Å². The quantitative estimate of drug-likeness (QED) is 0.622. The monoisotopic (exact) mass is 245 g/mol. The highest BCUT2D eigenvalue weighted by Gasteiger charge is 2.10. The predicted molar refractivity (Wildman–Crippen MR) is 67.5 cm³/mol. The summed E-state index contributed by atoms with van der Waals surface area (Å²) in [4.78, 5) is 0. The van der Waals surface area contributed by atoms with Crippen LogP contribution in [0.4, 0.5) is 10.1 Å². The molecule has 0 aromatic heterocycles. The van der Waals surface area contributed by atoms with Crippen molar-refractivity contribution in [3.63, 3.8) is 0 Å². The molecular weight excluding hydrogens is 229 g/mol. The van der Waals surface area contributed by atoms with Crippen LogP contribution in [0, 0.1) is 12.7 Å². The van der Waals surface area contributed by atoms with Gasteiger partial charge in [0.2, 0.25) is 0 Å². The molecule has 0 radical (unpaired) electrons. The van der Waals surface area contributed by atoms with Crippen molar-refractivity contribution in [2.24, 2.45) is 11.6 Å². The van der Waals surface area contributed by atoms with Gasteiger partial charge in [-0.1, -0.05) is 25.4 Å². The molecule has 0 atom stereocenters. The van der Waals surface area contributed by atoms with Crippen molar-refractivity contribution in [3.8, 4) is 0 Å². The first-order chi connectivity index (χ1) is 7.57. The zero-order chi connectivity index (χ0) is 12.7. The highest BCUT2D eigenvalue weighted by Crippen LogP contribution is 2.26. The van der Waals surface area contributed by atoms with Crippen LogP contribution in [-0.4, -0.2) is 0 Å². The lowest BCUT2D eigenvalue weighted by Gasteiger charge is -2.16. The average molecular weight is 246 g/mol. The summed E-state index contributed by atoms with van der Waals surface area (Å²) in [6.07, 6.45) is 2.70. The van der Waals surface area contributed by atoms with E-state index in [0.29, 0.717) is 11.3 Å². The largest absolute Gasteiger partial charge is 0.403 e. The summed E-state index contributed by atoms with van der Waals surface area (Å²) >= 11 is 5.59. The number of rotatable bonds is 2. The second-order valence-corrected chi connectivity index (χ2v) is 3.16. The van der Waals surface area contributed by atoms with Crippen LogP contribution in [0.25, 0.3) is 0 Å². The topological polar surface area (TPSA) is 55.3 Å². The molecule has 0 spiro atoms. The van der Waals surface area contributed by atoms with Gasteiger partial charge in [0.1, 0.15) is 5.82 Å². The van der Waals surface area contributed by atoms with Crippen LogP contribution in [-0.2, 0) is 0 Å². The Morgan fingerprint density at radius 1 is 1.38 bits per heavy atom. The van der Waals surface area contributed by atoms with Crippen LogP contribution in [0.15, 0.2) is 24.5 Å². The van der Waals surface area contributed by atoms with E-state index in [1.165, 1.54) is 23.5 Å². The molecule has 0 amide bonds. The Bertz CT molecular complexity index is 366. The number of anilines is 1. The lowest BCUT2D eigenvalue weighted by Crippen LogP contribution is -2.25. The molecule has 0 bridgehead atoms. The van der Waals surface area contributed by atoms with Gasteiger partial charge in [-0.3, -0.25) is 5.01 Å². The zero-order valence-corrected chi connectivity index (χ0v) is 10.4. The highest BCUT2D eigenvalue weighted by molar-refractivity contribution is 6.30. The molecular formula is C11H17ClFN3. The first-order valence-electron chi connectivity index (χ1n) is 4.95. The lowest BCUT2D eigenvalue weighted by molar-refractivity contribution is 0.618. The minimum absolute atomic E-state index is 0.0800. The molecule has 0 fully saturated rings. The fraction of sp³-hybridized carbons (Fsp3) is 0.273. The van der Waals surface area contributed by atoms with Crippen LogP contribution in [0.2, 0.25) is 5.02 Å². The number of hydrogen-bond donors (Lipinski definition) is 2. The van der Waals surface area contributed by atoms with Crippen LogP contribution in [0.1, 0.15) is 19.4 Å². The van der Waals surface area contributed by atoms with Crippen molar-refractivity contribution in [1.29, 1.82) is 0 Å². The molecule has 0 aliphatic heterocycles. The lowest BCUT2D eigenvalue weighted by atomic mass is 10.2. The summed E-state index contributed by atoms with van der Waals surface area (Å²) in [7, 11) is 0. The minimum Gasteiger partial charge on any atom is -0.403 e. The minimum atomic E-state index is -0.468. The van der Waals surface area contributed by atoms with E-state index in [1.54, 1.807) is 13.0 Å². The molecule has 0 saturated heterocycles. The van der Waals surface area contributed by atoms with E-state index in [-0.39, 0.29) is 5.02 Å². The van der Waals surface area contributed by atoms with Gasteiger partial charge in [-0.2, -0.15) is 0 Å². The molecule has 0 heterocycles. The van der Waals surface area contributed by atoms with Gasteiger partial charge in [0.25, 0.3) is 0 Å². The summed E-state index contributed by atoms with van der Waals surface area (Å²) in [5.74, 6) is 5.11. The second-order valence-electron chi connectivity index (χ2n) is 2.75. The molecule has 16 heavy (non-hydrogen) atoms. The van der Waals surface area contributed by atoms with E-state index >= 15 is 0 Å². The van der Waals surface area contributed by atoms with Crippen LogP contribution < -0.4 is 16.6 Å². The van der Waals surface area contributed by atoms with Crippen molar-refractivity contribution in [3.05, 3.63) is 40.9 Å². The number of benzene rings is 1. The maximum absolute atomic E-state index is 13.3. The number of nitrogens with two attached hydrogens (primary N) is 2. The number of nitrogens with zero attached hydrogens (tertiary/aromatic N) is 1. The van der Waals surface area contributed by atoms with Gasteiger partial charge in [0, 0.05) is 18.0 Å². The Labute approximate surface area is 100 Å². The van der Waals surface area contributed by atoms with E-state index in [9.17, 15) is 4.39 Å². The van der Waals surface area contributed by atoms with E-state index in [4.69, 9.17) is 23.2 Å². The molecule has 0 saturated carbocycles. The highest BCUT2D eigenvalue weighted by atomic mass is 35.5. The van der Waals surface area contributed by atoms with Gasteiger partial charge in [0.15, 0.2) is 0 Å². The van der Waals surface area contributed by atoms with E-state index in [1.807, 2.05) is 13.8 Å². The second kappa shape index (κ2) is 7.09. The molecule has 0 aliphatic carbocycles. The molecule has 1 rings (SSSR count). The van der Waals surface area contributed by atoms with Gasteiger partial charge >= 0.3 is 0 Å². The Morgan fingerprint density at radius 2 is 1.94 bits per heavy atom. The summed E-state index contributed by atoms with van der Waals surface area (Å²) in [6.45, 7) is 5.60. The molecule has 0 unspecified atom stereocenters. The Hall–Kier alpha value is -1.26. The molecule has 1 aromatic rings. The number of hydrogen-bond acceptors (Lipinski definition) is 3. The Balaban J connectivity index is 0.00000106. The average Bonchev–Trinajstić information content (AvgIpc) is 2.29. The smallest absolute Gasteiger partial charge is 0.146 e. The van der Waals surface area contributed by atoms with Crippen molar-refractivity contribution in [2.45, 2.75) is 20.8 Å². The third-order valence-electron chi connectivity index (χ3n) is 1.84. The zero-order valence-electron chi connectivity index (χ0n) is 9.67. The number of hydrazine groups is 1. The first-order valence-corrected chi connectivity index (χ1v) is 5.32. The molecule has 5 heteroatoms. The van der Waals surface area contributed by atoms with Gasteiger partial charge in [0.05, 0.1) is 10.7 Å². The maximum atomic E-state index is 13.3. The van der Waals surface area contributed by atoms with Gasteiger partial charge in [-0.25, -0.2) is 10.2 Å². The van der Waals surface area contributed by atoms with Crippen LogP contribution >= 0.6 is 11.6 Å². The van der Waals surface area contributed by atoms with E-state index in [2.05, 4.69) is 0 Å². The summed E-state index contributed by atoms with van der Waals surface area (Å²) in [5, 5.41) is 1.31. The van der Waals surface area contributed by atoms with Crippen molar-refractivity contribution < 1.29 is 4.39 Å². The summed E-state index contributed by atoms with van der Waals surface area (Å²) in [5.41, 5.74) is 6.07. The van der Waals surface area contributed by atoms with E-state index < -0.39 is 5.82 Å². The van der Waals surface area contributed by atoms with Crippen molar-refractivity contribution >= 4 is 17.3 Å². The van der Waals surface area contributed by atoms with Gasteiger partial charge in [-0.05, 0) is 19.1 Å². The van der Waals surface area contributed by atoms with Crippen LogP contribution in [0.3, 0.4) is 0 Å².